The Morgan fingerprint density at radius 2 is 2.00 bits per heavy atom. The van der Waals surface area contributed by atoms with Gasteiger partial charge in [-0.05, 0) is 18.4 Å². The molecule has 0 heterocycles. The molecule has 14 heavy (non-hydrogen) atoms. The highest BCUT2D eigenvalue weighted by atomic mass is 32.2. The van der Waals surface area contributed by atoms with E-state index in [4.69, 9.17) is 5.11 Å². The van der Waals surface area contributed by atoms with Gasteiger partial charge in [-0.1, -0.05) is 12.1 Å². The highest BCUT2D eigenvalue weighted by Gasteiger charge is 2.12. The third-order valence-corrected chi connectivity index (χ3v) is 2.35. The second-order valence-electron chi connectivity index (χ2n) is 2.46. The lowest BCUT2D eigenvalue weighted by atomic mass is 10.3. The van der Waals surface area contributed by atoms with E-state index in [-0.39, 0.29) is 0 Å². The van der Waals surface area contributed by atoms with E-state index in [2.05, 4.69) is 5.32 Å². The summed E-state index contributed by atoms with van der Waals surface area (Å²) < 4.78 is 0. The predicted octanol–water partition coefficient (Wildman–Crippen LogP) is 1.43. The molecule has 0 bridgehead atoms. The van der Waals surface area contributed by atoms with Crippen molar-refractivity contribution in [1.29, 1.82) is 0 Å². The second-order valence-corrected chi connectivity index (χ2v) is 3.31. The molecule has 1 rings (SSSR count). The van der Waals surface area contributed by atoms with Gasteiger partial charge in [-0.25, -0.2) is 4.79 Å². The van der Waals surface area contributed by atoms with Crippen LogP contribution >= 0.6 is 11.8 Å². The summed E-state index contributed by atoms with van der Waals surface area (Å²) in [7, 11) is 0. The number of amides is 1. The number of benzene rings is 1. The standard InChI is InChI=1S/C9H9NO3S/c1-14-7-5-3-2-4-6(7)10-8(11)9(12)13/h2-5H,1H3,(H,10,11)(H,12,13). The minimum absolute atomic E-state index is 0.521. The van der Waals surface area contributed by atoms with Crippen LogP contribution < -0.4 is 5.32 Å². The summed E-state index contributed by atoms with van der Waals surface area (Å²) in [6, 6.07) is 7.02. The summed E-state index contributed by atoms with van der Waals surface area (Å²) in [6.45, 7) is 0. The number of hydrogen-bond donors (Lipinski definition) is 2. The maximum atomic E-state index is 10.9. The molecular weight excluding hydrogens is 202 g/mol. The molecular formula is C9H9NO3S. The quantitative estimate of drug-likeness (QED) is 0.573. The molecule has 0 fully saturated rings. The van der Waals surface area contributed by atoms with Gasteiger partial charge in [-0.15, -0.1) is 11.8 Å². The molecule has 0 saturated heterocycles. The molecule has 1 aromatic carbocycles. The Bertz CT molecular complexity index is 365. The first-order valence-corrected chi connectivity index (χ1v) is 5.05. The van der Waals surface area contributed by atoms with Crippen LogP contribution in [0.4, 0.5) is 5.69 Å². The van der Waals surface area contributed by atoms with Crippen molar-refractivity contribution in [2.24, 2.45) is 0 Å². The summed E-state index contributed by atoms with van der Waals surface area (Å²) in [6.07, 6.45) is 1.85. The lowest BCUT2D eigenvalue weighted by molar-refractivity contribution is -0.147. The van der Waals surface area contributed by atoms with Gasteiger partial charge in [-0.2, -0.15) is 0 Å². The highest BCUT2D eigenvalue weighted by molar-refractivity contribution is 7.98. The number of carboxylic acid groups (broad SMARTS) is 1. The van der Waals surface area contributed by atoms with Crippen molar-refractivity contribution in [1.82, 2.24) is 0 Å². The summed E-state index contributed by atoms with van der Waals surface area (Å²) in [5.74, 6) is -2.51. The van der Waals surface area contributed by atoms with Gasteiger partial charge in [0, 0.05) is 4.90 Å². The zero-order chi connectivity index (χ0) is 10.6. The van der Waals surface area contributed by atoms with Crippen molar-refractivity contribution in [2.45, 2.75) is 4.90 Å². The summed E-state index contributed by atoms with van der Waals surface area (Å²) in [5.41, 5.74) is 0.521. The summed E-state index contributed by atoms with van der Waals surface area (Å²) in [5, 5.41) is 10.7. The van der Waals surface area contributed by atoms with E-state index in [0.717, 1.165) is 4.90 Å². The molecule has 2 N–H and O–H groups in total. The topological polar surface area (TPSA) is 66.4 Å². The molecule has 0 atom stereocenters. The third kappa shape index (κ3) is 2.50. The van der Waals surface area contributed by atoms with Crippen molar-refractivity contribution >= 4 is 29.3 Å². The highest BCUT2D eigenvalue weighted by Crippen LogP contribution is 2.24. The Morgan fingerprint density at radius 3 is 2.57 bits per heavy atom. The van der Waals surface area contributed by atoms with Crippen LogP contribution in [0.15, 0.2) is 29.2 Å². The number of carbonyl (C=O) groups excluding carboxylic acids is 1. The smallest absolute Gasteiger partial charge is 0.394 e. The minimum Gasteiger partial charge on any atom is -0.474 e. The number of hydrogen-bond acceptors (Lipinski definition) is 3. The normalized spacial score (nSPS) is 9.50. The van der Waals surface area contributed by atoms with Crippen molar-refractivity contribution in [3.8, 4) is 0 Å². The molecule has 4 nitrogen and oxygen atoms in total. The molecule has 5 heteroatoms. The van der Waals surface area contributed by atoms with Crippen molar-refractivity contribution in [3.05, 3.63) is 24.3 Å². The zero-order valence-electron chi connectivity index (χ0n) is 7.48. The van der Waals surface area contributed by atoms with Gasteiger partial charge in [0.2, 0.25) is 0 Å². The van der Waals surface area contributed by atoms with E-state index in [1.54, 1.807) is 12.1 Å². The zero-order valence-corrected chi connectivity index (χ0v) is 8.30. The van der Waals surface area contributed by atoms with Gasteiger partial charge in [0.05, 0.1) is 5.69 Å². The van der Waals surface area contributed by atoms with Crippen molar-refractivity contribution < 1.29 is 14.7 Å². The number of nitrogens with one attached hydrogen (secondary N) is 1. The molecule has 1 amide bonds. The Labute approximate surface area is 85.3 Å². The lowest BCUT2D eigenvalue weighted by Gasteiger charge is -2.06. The average Bonchev–Trinajstić information content (AvgIpc) is 2.18. The van der Waals surface area contributed by atoms with Crippen LogP contribution in [0.5, 0.6) is 0 Å². The lowest BCUT2D eigenvalue weighted by Crippen LogP contribution is -2.22. The second kappa shape index (κ2) is 4.66. The number of thioether (sulfide) groups is 1. The molecule has 0 aliphatic rings. The molecule has 0 aromatic heterocycles. The van der Waals surface area contributed by atoms with E-state index < -0.39 is 11.9 Å². The molecule has 1 aromatic rings. The van der Waals surface area contributed by atoms with Crippen LogP contribution in [0.25, 0.3) is 0 Å². The van der Waals surface area contributed by atoms with E-state index in [9.17, 15) is 9.59 Å². The van der Waals surface area contributed by atoms with Crippen LogP contribution in [-0.2, 0) is 9.59 Å². The molecule has 0 spiro atoms. The van der Waals surface area contributed by atoms with E-state index in [1.165, 1.54) is 11.8 Å². The number of para-hydroxylation sites is 1. The van der Waals surface area contributed by atoms with Crippen molar-refractivity contribution in [2.75, 3.05) is 11.6 Å². The van der Waals surface area contributed by atoms with E-state index in [1.807, 2.05) is 18.4 Å². The number of carbonyl (C=O) groups is 2. The monoisotopic (exact) mass is 211 g/mol. The first kappa shape index (κ1) is 10.6. The minimum atomic E-state index is -1.49. The number of aliphatic carboxylic acids is 1. The van der Waals surface area contributed by atoms with E-state index >= 15 is 0 Å². The Morgan fingerprint density at radius 1 is 1.36 bits per heavy atom. The molecule has 0 aliphatic carbocycles. The van der Waals surface area contributed by atoms with Gasteiger partial charge in [-0.3, -0.25) is 4.79 Å². The van der Waals surface area contributed by atoms with Gasteiger partial charge in [0.15, 0.2) is 0 Å². The van der Waals surface area contributed by atoms with Gasteiger partial charge < -0.3 is 10.4 Å². The Kier molecular flexibility index (Phi) is 3.53. The summed E-state index contributed by atoms with van der Waals surface area (Å²) in [4.78, 5) is 22.0. The van der Waals surface area contributed by atoms with Crippen LogP contribution in [0.2, 0.25) is 0 Å². The number of carboxylic acids is 1. The molecule has 0 radical (unpaired) electrons. The fourth-order valence-electron chi connectivity index (χ4n) is 0.924. The van der Waals surface area contributed by atoms with E-state index in [0.29, 0.717) is 5.69 Å². The van der Waals surface area contributed by atoms with Crippen LogP contribution in [0.3, 0.4) is 0 Å². The summed E-state index contributed by atoms with van der Waals surface area (Å²) >= 11 is 1.44. The fourth-order valence-corrected chi connectivity index (χ4v) is 1.48. The van der Waals surface area contributed by atoms with Crippen LogP contribution in [0, 0.1) is 0 Å². The number of rotatable bonds is 2. The molecule has 0 saturated carbocycles. The SMILES string of the molecule is CSc1ccccc1NC(=O)C(=O)O. The van der Waals surface area contributed by atoms with Gasteiger partial charge in [0.1, 0.15) is 0 Å². The first-order chi connectivity index (χ1) is 6.65. The molecule has 74 valence electrons. The van der Waals surface area contributed by atoms with Crippen LogP contribution in [0.1, 0.15) is 0 Å². The largest absolute Gasteiger partial charge is 0.474 e. The maximum absolute atomic E-state index is 10.9. The molecule has 0 aliphatic heterocycles. The van der Waals surface area contributed by atoms with Crippen molar-refractivity contribution in [3.63, 3.8) is 0 Å². The third-order valence-electron chi connectivity index (χ3n) is 1.55. The van der Waals surface area contributed by atoms with Gasteiger partial charge in [0.25, 0.3) is 0 Å². The molecule has 0 unspecified atom stereocenters. The first-order valence-electron chi connectivity index (χ1n) is 3.82. The van der Waals surface area contributed by atoms with Gasteiger partial charge >= 0.3 is 11.9 Å². The number of anilines is 1. The maximum Gasteiger partial charge on any atom is 0.394 e. The average molecular weight is 211 g/mol. The Balaban J connectivity index is 2.85. The predicted molar refractivity (Wildman–Crippen MR) is 54.5 cm³/mol. The fraction of sp³-hybridized carbons (Fsp3) is 0.111. The van der Waals surface area contributed by atoms with Crippen LogP contribution in [-0.4, -0.2) is 23.2 Å². The Hall–Kier alpha value is -1.49.